The van der Waals surface area contributed by atoms with Gasteiger partial charge in [0.1, 0.15) is 17.7 Å². The highest BCUT2D eigenvalue weighted by molar-refractivity contribution is 6.37. The number of carbonyl (C=O) groups excluding carboxylic acids is 5. The molecule has 0 radical (unpaired) electrons. The number of hydrogen-bond donors (Lipinski definition) is 3. The van der Waals surface area contributed by atoms with E-state index in [1.54, 1.807) is 0 Å². The van der Waals surface area contributed by atoms with Crippen LogP contribution in [0.3, 0.4) is 0 Å². The maximum absolute atomic E-state index is 13.8. The number of Topliss-reactive ketones (excluding diaryl/α,β-unsaturated/α-hetero) is 1. The predicted octanol–water partition coefficient (Wildman–Crippen LogP) is 6.04. The van der Waals surface area contributed by atoms with Gasteiger partial charge in [-0.1, -0.05) is 93.9 Å². The maximum atomic E-state index is 13.8. The van der Waals surface area contributed by atoms with Crippen molar-refractivity contribution < 1.29 is 28.7 Å². The molecule has 0 spiro atoms. The molecule has 10 nitrogen and oxygen atoms in total. The van der Waals surface area contributed by atoms with E-state index in [0.717, 1.165) is 32.1 Å². The van der Waals surface area contributed by atoms with Gasteiger partial charge in [-0.15, -0.1) is 0 Å². The molecule has 44 heavy (non-hydrogen) atoms. The third kappa shape index (κ3) is 14.4. The Balaban J connectivity index is 0.00000239. The molecule has 0 aromatic heterocycles. The van der Waals surface area contributed by atoms with Crippen LogP contribution in [0.5, 0.6) is 0 Å². The van der Waals surface area contributed by atoms with Crippen molar-refractivity contribution in [3.8, 4) is 0 Å². The number of unbranched alkanes of at least 4 members (excludes halogenated alkanes) is 1. The van der Waals surface area contributed by atoms with Gasteiger partial charge in [0.15, 0.2) is 0 Å². The van der Waals surface area contributed by atoms with Crippen molar-refractivity contribution in [3.63, 3.8) is 0 Å². The number of alkyl carbamates (subject to hydrolysis) is 1. The van der Waals surface area contributed by atoms with E-state index in [2.05, 4.69) is 38.3 Å². The van der Waals surface area contributed by atoms with Gasteiger partial charge >= 0.3 is 6.09 Å². The fourth-order valence-corrected chi connectivity index (χ4v) is 5.25. The van der Waals surface area contributed by atoms with Crippen molar-refractivity contribution in [3.05, 3.63) is 0 Å². The lowest BCUT2D eigenvalue weighted by Crippen LogP contribution is -2.58. The van der Waals surface area contributed by atoms with Gasteiger partial charge in [-0.2, -0.15) is 0 Å². The number of carbonyl (C=O) groups is 5. The summed E-state index contributed by atoms with van der Waals surface area (Å²) in [6.45, 7) is 18.5. The van der Waals surface area contributed by atoms with E-state index >= 15 is 0 Å². The minimum absolute atomic E-state index is 0.0396. The normalized spacial score (nSPS) is 18.1. The van der Waals surface area contributed by atoms with Gasteiger partial charge in [0, 0.05) is 6.54 Å². The van der Waals surface area contributed by atoms with Gasteiger partial charge in [0.2, 0.25) is 17.6 Å². The first-order valence-corrected chi connectivity index (χ1v) is 17.2. The Morgan fingerprint density at radius 2 is 1.41 bits per heavy atom. The number of nitrogens with one attached hydrogen (secondary N) is 2. The Bertz CT molecular complexity index is 881. The number of ether oxygens (including phenoxy) is 1. The van der Waals surface area contributed by atoms with Crippen molar-refractivity contribution in [2.45, 2.75) is 170 Å². The molecule has 0 bridgehead atoms. The average Bonchev–Trinajstić information content (AvgIpc) is 3.50. The fourth-order valence-electron chi connectivity index (χ4n) is 5.25. The third-order valence-corrected chi connectivity index (χ3v) is 8.42. The largest absolute Gasteiger partial charge is 0.443 e. The molecule has 10 heteroatoms. The zero-order valence-electron chi connectivity index (χ0n) is 29.3. The molecule has 2 rings (SSSR count). The highest BCUT2D eigenvalue weighted by atomic mass is 16.6. The van der Waals surface area contributed by atoms with E-state index in [1.165, 1.54) is 24.2 Å². The Hall–Kier alpha value is -2.65. The molecule has 2 aliphatic rings. The average molecular weight is 625 g/mol. The molecule has 1 aliphatic carbocycles. The minimum Gasteiger partial charge on any atom is -0.443 e. The number of nitrogens with zero attached hydrogens (tertiary/aromatic N) is 1. The minimum atomic E-state index is -1.10. The number of likely N-dealkylation sites (tertiary alicyclic amines) is 1. The molecule has 1 saturated carbocycles. The molecule has 4 N–H and O–H groups in total. The molecule has 1 aliphatic heterocycles. The van der Waals surface area contributed by atoms with Crippen LogP contribution >= 0.6 is 0 Å². The topological polar surface area (TPSA) is 148 Å². The zero-order chi connectivity index (χ0) is 33.9. The lowest BCUT2D eigenvalue weighted by Gasteiger charge is -2.35. The standard InChI is InChI=1S/C27H46N4O6.C4H10.C3H8/c1-6-27(5,7-2)37-26(36)30-21(18-12-9-8-10-13-18)25(35)31-15-11-14-20(31)24(34)29-19(16-17(3)4)22(32)23(28)33;1-3-4-2;1-3-2/h17-21H,6-16H2,1-5H3,(H2,28,33)(H,29,34)(H,30,36);3-4H2,1-2H3;3H2,1-2H3. The molecule has 1 heterocycles. The highest BCUT2D eigenvalue weighted by Gasteiger charge is 2.42. The van der Waals surface area contributed by atoms with Gasteiger partial charge in [-0.3, -0.25) is 19.2 Å². The van der Waals surface area contributed by atoms with E-state index in [-0.39, 0.29) is 24.2 Å². The van der Waals surface area contributed by atoms with Crippen molar-refractivity contribution in [1.29, 1.82) is 0 Å². The molecule has 256 valence electrons. The lowest BCUT2D eigenvalue weighted by molar-refractivity contribution is -0.143. The van der Waals surface area contributed by atoms with Crippen LogP contribution in [-0.4, -0.2) is 64.8 Å². The molecule has 3 atom stereocenters. The summed E-state index contributed by atoms with van der Waals surface area (Å²) in [5, 5.41) is 5.51. The van der Waals surface area contributed by atoms with Crippen LogP contribution in [0.25, 0.3) is 0 Å². The summed E-state index contributed by atoms with van der Waals surface area (Å²) in [6.07, 6.45) is 10.5. The molecular formula is C34H64N4O6. The third-order valence-electron chi connectivity index (χ3n) is 8.42. The summed E-state index contributed by atoms with van der Waals surface area (Å²) in [5.74, 6) is -2.75. The van der Waals surface area contributed by atoms with E-state index in [4.69, 9.17) is 10.5 Å². The van der Waals surface area contributed by atoms with Gasteiger partial charge in [-0.25, -0.2) is 4.79 Å². The van der Waals surface area contributed by atoms with Crippen LogP contribution in [0.4, 0.5) is 4.79 Å². The number of hydrogen-bond acceptors (Lipinski definition) is 6. The molecular weight excluding hydrogens is 560 g/mol. The molecule has 1 saturated heterocycles. The first kappa shape index (κ1) is 41.4. The van der Waals surface area contributed by atoms with Gasteiger partial charge in [0.25, 0.3) is 5.91 Å². The number of primary amides is 1. The number of rotatable bonds is 13. The summed E-state index contributed by atoms with van der Waals surface area (Å²) in [7, 11) is 0. The second-order valence-corrected chi connectivity index (χ2v) is 12.9. The summed E-state index contributed by atoms with van der Waals surface area (Å²) >= 11 is 0. The van der Waals surface area contributed by atoms with E-state index in [9.17, 15) is 24.0 Å². The van der Waals surface area contributed by atoms with Crippen LogP contribution in [0, 0.1) is 11.8 Å². The van der Waals surface area contributed by atoms with Crippen molar-refractivity contribution in [2.24, 2.45) is 17.6 Å². The quantitative estimate of drug-likeness (QED) is 0.213. The number of nitrogens with two attached hydrogens (primary N) is 1. The summed E-state index contributed by atoms with van der Waals surface area (Å²) in [5.41, 5.74) is 4.57. The van der Waals surface area contributed by atoms with Gasteiger partial charge < -0.3 is 26.0 Å². The second-order valence-electron chi connectivity index (χ2n) is 12.9. The highest BCUT2D eigenvalue weighted by Crippen LogP contribution is 2.30. The second kappa shape index (κ2) is 22.0. The molecule has 0 aromatic rings. The maximum Gasteiger partial charge on any atom is 0.408 e. The first-order chi connectivity index (χ1) is 20.7. The SMILES string of the molecule is CCC.CCC(C)(CC)OC(=O)NC(C(=O)N1CCCC1C(=O)NC(CC(C)C)C(=O)C(N)=O)C1CCCCC1.CCCC. The van der Waals surface area contributed by atoms with Gasteiger partial charge in [-0.05, 0) is 63.7 Å². The van der Waals surface area contributed by atoms with Crippen molar-refractivity contribution in [1.82, 2.24) is 15.5 Å². The van der Waals surface area contributed by atoms with Crippen LogP contribution in [-0.2, 0) is 23.9 Å². The summed E-state index contributed by atoms with van der Waals surface area (Å²) in [4.78, 5) is 65.3. The number of amides is 4. The lowest BCUT2D eigenvalue weighted by atomic mass is 9.83. The van der Waals surface area contributed by atoms with Crippen LogP contribution in [0.2, 0.25) is 0 Å². The Morgan fingerprint density at radius 1 is 0.864 bits per heavy atom. The monoisotopic (exact) mass is 624 g/mol. The Labute approximate surface area is 267 Å². The van der Waals surface area contributed by atoms with E-state index in [1.807, 2.05) is 34.6 Å². The Kier molecular flexibility index (Phi) is 20.6. The zero-order valence-corrected chi connectivity index (χ0v) is 29.3. The molecule has 3 unspecified atom stereocenters. The summed E-state index contributed by atoms with van der Waals surface area (Å²) < 4.78 is 5.70. The van der Waals surface area contributed by atoms with Crippen molar-refractivity contribution >= 4 is 29.6 Å². The first-order valence-electron chi connectivity index (χ1n) is 17.2. The van der Waals surface area contributed by atoms with Gasteiger partial charge in [0.05, 0.1) is 6.04 Å². The molecule has 0 aromatic carbocycles. The van der Waals surface area contributed by atoms with E-state index in [0.29, 0.717) is 32.2 Å². The van der Waals surface area contributed by atoms with Crippen LogP contribution < -0.4 is 16.4 Å². The number of ketones is 1. The van der Waals surface area contributed by atoms with Crippen molar-refractivity contribution in [2.75, 3.05) is 6.54 Å². The van der Waals surface area contributed by atoms with Crippen LogP contribution in [0.15, 0.2) is 0 Å². The molecule has 4 amide bonds. The smallest absolute Gasteiger partial charge is 0.408 e. The fraction of sp³-hybridized carbons (Fsp3) is 0.853. The molecule has 2 fully saturated rings. The van der Waals surface area contributed by atoms with E-state index < -0.39 is 47.4 Å². The Morgan fingerprint density at radius 3 is 1.86 bits per heavy atom. The van der Waals surface area contributed by atoms with Crippen LogP contribution in [0.1, 0.15) is 146 Å². The summed E-state index contributed by atoms with van der Waals surface area (Å²) in [6, 6.07) is -2.62. The predicted molar refractivity (Wildman–Crippen MR) is 176 cm³/mol.